The molecule has 0 aliphatic heterocycles. The maximum absolute atomic E-state index is 13.5. The Hall–Kier alpha value is -3.15. The molecule has 3 aromatic rings. The second kappa shape index (κ2) is 7.61. The van der Waals surface area contributed by atoms with E-state index in [-0.39, 0.29) is 18.7 Å². The molecule has 0 unspecified atom stereocenters. The number of rotatable bonds is 5. The van der Waals surface area contributed by atoms with E-state index in [0.717, 1.165) is 29.3 Å². The van der Waals surface area contributed by atoms with Crippen molar-refractivity contribution in [2.45, 2.75) is 13.1 Å². The van der Waals surface area contributed by atoms with Crippen molar-refractivity contribution in [3.8, 4) is 0 Å². The molecule has 2 aromatic heterocycles. The van der Waals surface area contributed by atoms with E-state index in [1.165, 1.54) is 4.90 Å². The van der Waals surface area contributed by atoms with Crippen LogP contribution < -0.4 is 0 Å². The predicted octanol–water partition coefficient (Wildman–Crippen LogP) is 3.60. The standard InChI is InChI=1S/C19H15F2N3O/c20-17-8-16(9-18(21)10-17)19(25)24(12-14-3-6-22-7-4-14)13-15-2-1-5-23-11-15/h1-11H,12-13H2. The van der Waals surface area contributed by atoms with E-state index in [9.17, 15) is 13.6 Å². The van der Waals surface area contributed by atoms with Crippen LogP contribution in [0.1, 0.15) is 21.5 Å². The van der Waals surface area contributed by atoms with Gasteiger partial charge in [0.25, 0.3) is 5.91 Å². The van der Waals surface area contributed by atoms with Gasteiger partial charge in [-0.2, -0.15) is 0 Å². The zero-order valence-electron chi connectivity index (χ0n) is 13.3. The van der Waals surface area contributed by atoms with Crippen LogP contribution in [0.25, 0.3) is 0 Å². The van der Waals surface area contributed by atoms with Gasteiger partial charge < -0.3 is 4.90 Å². The summed E-state index contributed by atoms with van der Waals surface area (Å²) in [6, 6.07) is 10.00. The summed E-state index contributed by atoms with van der Waals surface area (Å²) in [6.07, 6.45) is 6.55. The van der Waals surface area contributed by atoms with Gasteiger partial charge in [0.1, 0.15) is 11.6 Å². The SMILES string of the molecule is O=C(c1cc(F)cc(F)c1)N(Cc1ccncc1)Cc1cccnc1. The van der Waals surface area contributed by atoms with E-state index in [4.69, 9.17) is 0 Å². The van der Waals surface area contributed by atoms with Crippen LogP contribution >= 0.6 is 0 Å². The molecule has 0 atom stereocenters. The number of amides is 1. The number of hydrogen-bond acceptors (Lipinski definition) is 3. The largest absolute Gasteiger partial charge is 0.330 e. The number of benzene rings is 1. The van der Waals surface area contributed by atoms with E-state index in [0.29, 0.717) is 0 Å². The Labute approximate surface area is 143 Å². The quantitative estimate of drug-likeness (QED) is 0.713. The van der Waals surface area contributed by atoms with Crippen LogP contribution in [0.3, 0.4) is 0 Å². The Morgan fingerprint density at radius 1 is 0.880 bits per heavy atom. The summed E-state index contributed by atoms with van der Waals surface area (Å²) in [5.41, 5.74) is 1.65. The number of hydrogen-bond donors (Lipinski definition) is 0. The molecule has 0 saturated carbocycles. The highest BCUT2D eigenvalue weighted by atomic mass is 19.1. The lowest BCUT2D eigenvalue weighted by molar-refractivity contribution is 0.0728. The summed E-state index contributed by atoms with van der Waals surface area (Å²) in [7, 11) is 0. The summed E-state index contributed by atoms with van der Waals surface area (Å²) in [4.78, 5) is 22.3. The molecule has 6 heteroatoms. The number of nitrogens with zero attached hydrogens (tertiary/aromatic N) is 3. The molecule has 1 amide bonds. The van der Waals surface area contributed by atoms with Gasteiger partial charge in [0.2, 0.25) is 0 Å². The minimum atomic E-state index is -0.784. The van der Waals surface area contributed by atoms with Gasteiger partial charge in [-0.05, 0) is 41.5 Å². The first-order chi connectivity index (χ1) is 12.1. The molecule has 25 heavy (non-hydrogen) atoms. The molecule has 2 heterocycles. The molecule has 0 fully saturated rings. The Kier molecular flexibility index (Phi) is 5.09. The van der Waals surface area contributed by atoms with E-state index in [2.05, 4.69) is 9.97 Å². The Morgan fingerprint density at radius 2 is 1.56 bits per heavy atom. The van der Waals surface area contributed by atoms with Crippen molar-refractivity contribution in [2.24, 2.45) is 0 Å². The number of halogens is 2. The summed E-state index contributed by atoms with van der Waals surface area (Å²) in [5, 5.41) is 0. The van der Waals surface area contributed by atoms with Crippen molar-refractivity contribution in [1.29, 1.82) is 0 Å². The van der Waals surface area contributed by atoms with E-state index in [1.807, 2.05) is 6.07 Å². The monoisotopic (exact) mass is 339 g/mol. The molecule has 126 valence electrons. The topological polar surface area (TPSA) is 46.1 Å². The smallest absolute Gasteiger partial charge is 0.254 e. The highest BCUT2D eigenvalue weighted by Crippen LogP contribution is 2.16. The van der Waals surface area contributed by atoms with Gasteiger partial charge in [-0.25, -0.2) is 8.78 Å². The van der Waals surface area contributed by atoms with Crippen LogP contribution in [0, 0.1) is 11.6 Å². The Morgan fingerprint density at radius 3 is 2.20 bits per heavy atom. The summed E-state index contributed by atoms with van der Waals surface area (Å²) in [5.74, 6) is -2.03. The van der Waals surface area contributed by atoms with Gasteiger partial charge in [-0.15, -0.1) is 0 Å². The molecule has 4 nitrogen and oxygen atoms in total. The van der Waals surface area contributed by atoms with Crippen molar-refractivity contribution in [3.05, 3.63) is 95.6 Å². The fraction of sp³-hybridized carbons (Fsp3) is 0.105. The first-order valence-electron chi connectivity index (χ1n) is 7.65. The van der Waals surface area contributed by atoms with Crippen molar-refractivity contribution in [3.63, 3.8) is 0 Å². The molecule has 0 spiro atoms. The predicted molar refractivity (Wildman–Crippen MR) is 88.4 cm³/mol. The number of pyridine rings is 2. The molecule has 3 rings (SSSR count). The third-order valence-electron chi connectivity index (χ3n) is 3.62. The second-order valence-electron chi connectivity index (χ2n) is 5.54. The summed E-state index contributed by atoms with van der Waals surface area (Å²) < 4.78 is 27.0. The normalized spacial score (nSPS) is 10.5. The molecule has 0 N–H and O–H groups in total. The minimum absolute atomic E-state index is 0.0320. The van der Waals surface area contributed by atoms with Gasteiger partial charge in [0, 0.05) is 49.5 Å². The highest BCUT2D eigenvalue weighted by molar-refractivity contribution is 5.94. The highest BCUT2D eigenvalue weighted by Gasteiger charge is 2.18. The zero-order valence-corrected chi connectivity index (χ0v) is 13.3. The lowest BCUT2D eigenvalue weighted by atomic mass is 10.1. The van der Waals surface area contributed by atoms with Crippen LogP contribution in [0.4, 0.5) is 8.78 Å². The average Bonchev–Trinajstić information content (AvgIpc) is 2.61. The Bertz CT molecular complexity index is 795. The summed E-state index contributed by atoms with van der Waals surface area (Å²) in [6.45, 7) is 0.557. The molecule has 1 aromatic carbocycles. The molecular weight excluding hydrogens is 324 g/mol. The Balaban J connectivity index is 1.90. The zero-order chi connectivity index (χ0) is 17.6. The average molecular weight is 339 g/mol. The number of carbonyl (C=O) groups excluding carboxylic acids is 1. The van der Waals surface area contributed by atoms with Crippen molar-refractivity contribution in [1.82, 2.24) is 14.9 Å². The van der Waals surface area contributed by atoms with Gasteiger partial charge in [-0.3, -0.25) is 14.8 Å². The first-order valence-corrected chi connectivity index (χ1v) is 7.65. The fourth-order valence-electron chi connectivity index (χ4n) is 2.48. The lowest BCUT2D eigenvalue weighted by Gasteiger charge is -2.23. The van der Waals surface area contributed by atoms with Crippen LogP contribution in [-0.2, 0) is 13.1 Å². The lowest BCUT2D eigenvalue weighted by Crippen LogP contribution is -2.30. The maximum atomic E-state index is 13.5. The number of aromatic nitrogens is 2. The van der Waals surface area contributed by atoms with E-state index >= 15 is 0 Å². The van der Waals surface area contributed by atoms with Gasteiger partial charge in [0.05, 0.1) is 0 Å². The third-order valence-corrected chi connectivity index (χ3v) is 3.62. The van der Waals surface area contributed by atoms with Crippen LogP contribution in [0.15, 0.2) is 67.3 Å². The van der Waals surface area contributed by atoms with Gasteiger partial charge in [-0.1, -0.05) is 6.07 Å². The third kappa shape index (κ3) is 4.44. The molecule has 0 bridgehead atoms. The fourth-order valence-corrected chi connectivity index (χ4v) is 2.48. The second-order valence-corrected chi connectivity index (χ2v) is 5.54. The molecular formula is C19H15F2N3O. The van der Waals surface area contributed by atoms with Crippen molar-refractivity contribution >= 4 is 5.91 Å². The summed E-state index contributed by atoms with van der Waals surface area (Å²) >= 11 is 0. The van der Waals surface area contributed by atoms with Gasteiger partial charge >= 0.3 is 0 Å². The molecule has 0 aliphatic carbocycles. The minimum Gasteiger partial charge on any atom is -0.330 e. The van der Waals surface area contributed by atoms with E-state index < -0.39 is 17.5 Å². The van der Waals surface area contributed by atoms with Crippen molar-refractivity contribution in [2.75, 3.05) is 0 Å². The van der Waals surface area contributed by atoms with Gasteiger partial charge in [0.15, 0.2) is 0 Å². The number of carbonyl (C=O) groups is 1. The molecule has 0 saturated heterocycles. The van der Waals surface area contributed by atoms with Crippen LogP contribution in [0.2, 0.25) is 0 Å². The first kappa shape index (κ1) is 16.7. The van der Waals surface area contributed by atoms with Crippen LogP contribution in [-0.4, -0.2) is 20.8 Å². The maximum Gasteiger partial charge on any atom is 0.254 e. The molecule has 0 radical (unpaired) electrons. The van der Waals surface area contributed by atoms with E-state index in [1.54, 1.807) is 43.0 Å². The van der Waals surface area contributed by atoms with Crippen LogP contribution in [0.5, 0.6) is 0 Å². The van der Waals surface area contributed by atoms with Crippen molar-refractivity contribution < 1.29 is 13.6 Å². The molecule has 0 aliphatic rings.